The quantitative estimate of drug-likeness (QED) is 0.485. The standard InChI is InChI=1S/C21H30N4O4S2/c1-13(2)12-31(27,28)25-15-10-8-14(9-11-15)23-21-24-20(22)19(30-21)18(26)16-6-4-5-7-17(16)29-3/h4-7,13-15,25H,8-12,22H2,1-3H3,(H,23,24). The van der Waals surface area contributed by atoms with Crippen molar-refractivity contribution in [2.45, 2.75) is 51.6 Å². The number of hydrogen-bond donors (Lipinski definition) is 3. The molecular formula is C21H30N4O4S2. The smallest absolute Gasteiger partial charge is 0.212 e. The predicted octanol–water partition coefficient (Wildman–Crippen LogP) is 3.26. The lowest BCUT2D eigenvalue weighted by Gasteiger charge is -2.29. The van der Waals surface area contributed by atoms with Crippen LogP contribution in [-0.2, 0) is 10.0 Å². The Kier molecular flexibility index (Phi) is 7.55. The summed E-state index contributed by atoms with van der Waals surface area (Å²) in [5.74, 6) is 0.709. The zero-order valence-electron chi connectivity index (χ0n) is 18.1. The number of methoxy groups -OCH3 is 1. The van der Waals surface area contributed by atoms with Gasteiger partial charge in [0.2, 0.25) is 15.8 Å². The molecule has 31 heavy (non-hydrogen) atoms. The number of benzene rings is 1. The largest absolute Gasteiger partial charge is 0.496 e. The Hall–Kier alpha value is -2.17. The van der Waals surface area contributed by atoms with Crippen LogP contribution in [0, 0.1) is 5.92 Å². The number of nitrogens with two attached hydrogens (primary N) is 1. The third-order valence-corrected chi connectivity index (χ3v) is 7.96. The third-order valence-electron chi connectivity index (χ3n) is 5.16. The van der Waals surface area contributed by atoms with E-state index in [1.807, 2.05) is 13.8 Å². The molecule has 1 heterocycles. The van der Waals surface area contributed by atoms with Crippen LogP contribution in [-0.4, -0.2) is 44.1 Å². The van der Waals surface area contributed by atoms with Crippen LogP contribution in [0.2, 0.25) is 0 Å². The summed E-state index contributed by atoms with van der Waals surface area (Å²) in [6, 6.07) is 7.14. The van der Waals surface area contributed by atoms with E-state index in [-0.39, 0.29) is 35.4 Å². The fourth-order valence-corrected chi connectivity index (χ4v) is 6.42. The molecule has 1 aliphatic rings. The van der Waals surface area contributed by atoms with E-state index < -0.39 is 10.0 Å². The van der Waals surface area contributed by atoms with Crippen molar-refractivity contribution in [1.29, 1.82) is 0 Å². The molecule has 1 aliphatic carbocycles. The Balaban J connectivity index is 1.60. The minimum Gasteiger partial charge on any atom is -0.496 e. The number of nitrogens with zero attached hydrogens (tertiary/aromatic N) is 1. The zero-order chi connectivity index (χ0) is 22.6. The van der Waals surface area contributed by atoms with Gasteiger partial charge in [0, 0.05) is 12.1 Å². The molecule has 0 unspecified atom stereocenters. The topological polar surface area (TPSA) is 123 Å². The van der Waals surface area contributed by atoms with E-state index in [9.17, 15) is 13.2 Å². The van der Waals surface area contributed by atoms with Crippen LogP contribution in [0.3, 0.4) is 0 Å². The first-order chi connectivity index (χ1) is 14.7. The van der Waals surface area contributed by atoms with Crippen molar-refractivity contribution in [2.75, 3.05) is 23.9 Å². The van der Waals surface area contributed by atoms with Crippen LogP contribution in [0.25, 0.3) is 0 Å². The minimum absolute atomic E-state index is 0.0363. The van der Waals surface area contributed by atoms with Gasteiger partial charge in [0.1, 0.15) is 16.4 Å². The SMILES string of the molecule is COc1ccccc1C(=O)c1sc(NC2CCC(NS(=O)(=O)CC(C)C)CC2)nc1N. The molecule has 4 N–H and O–H groups in total. The van der Waals surface area contributed by atoms with Gasteiger partial charge in [0.15, 0.2) is 5.13 Å². The third kappa shape index (κ3) is 6.18. The number of carbonyl (C=O) groups is 1. The number of carbonyl (C=O) groups excluding carboxylic acids is 1. The number of aromatic nitrogens is 1. The van der Waals surface area contributed by atoms with E-state index in [0.29, 0.717) is 21.3 Å². The second-order valence-corrected chi connectivity index (χ2v) is 11.0. The van der Waals surface area contributed by atoms with Crippen molar-refractivity contribution in [3.05, 3.63) is 34.7 Å². The van der Waals surface area contributed by atoms with E-state index in [4.69, 9.17) is 10.5 Å². The fraction of sp³-hybridized carbons (Fsp3) is 0.524. The van der Waals surface area contributed by atoms with Crippen LogP contribution in [0.5, 0.6) is 5.75 Å². The minimum atomic E-state index is -3.25. The highest BCUT2D eigenvalue weighted by atomic mass is 32.2. The number of para-hydroxylation sites is 1. The highest BCUT2D eigenvalue weighted by molar-refractivity contribution is 7.89. The van der Waals surface area contributed by atoms with Crippen LogP contribution in [0.4, 0.5) is 10.9 Å². The number of nitrogens with one attached hydrogen (secondary N) is 2. The van der Waals surface area contributed by atoms with Gasteiger partial charge in [-0.1, -0.05) is 37.3 Å². The van der Waals surface area contributed by atoms with Crippen LogP contribution >= 0.6 is 11.3 Å². The molecule has 3 rings (SSSR count). The van der Waals surface area contributed by atoms with E-state index in [2.05, 4.69) is 15.0 Å². The summed E-state index contributed by atoms with van der Waals surface area (Å²) in [7, 11) is -1.72. The number of ether oxygens (including phenoxy) is 1. The molecule has 1 fully saturated rings. The summed E-state index contributed by atoms with van der Waals surface area (Å²) in [6.07, 6.45) is 3.12. The molecule has 0 saturated heterocycles. The van der Waals surface area contributed by atoms with Crippen molar-refractivity contribution in [3.8, 4) is 5.75 Å². The Labute approximate surface area is 187 Å². The average molecular weight is 467 g/mol. The van der Waals surface area contributed by atoms with Crippen molar-refractivity contribution >= 4 is 38.1 Å². The van der Waals surface area contributed by atoms with Gasteiger partial charge in [-0.05, 0) is 43.7 Å². The molecule has 8 nitrogen and oxygen atoms in total. The molecular weight excluding hydrogens is 436 g/mol. The molecule has 0 aliphatic heterocycles. The van der Waals surface area contributed by atoms with E-state index in [0.717, 1.165) is 25.7 Å². The molecule has 1 aromatic heterocycles. The molecule has 1 aromatic carbocycles. The monoisotopic (exact) mass is 466 g/mol. The highest BCUT2D eigenvalue weighted by Gasteiger charge is 2.27. The second kappa shape index (κ2) is 9.97. The Morgan fingerprint density at radius 1 is 1.23 bits per heavy atom. The molecule has 0 bridgehead atoms. The summed E-state index contributed by atoms with van der Waals surface area (Å²) in [5.41, 5.74) is 6.47. The highest BCUT2D eigenvalue weighted by Crippen LogP contribution is 2.32. The first-order valence-electron chi connectivity index (χ1n) is 10.4. The predicted molar refractivity (Wildman–Crippen MR) is 124 cm³/mol. The lowest BCUT2D eigenvalue weighted by Crippen LogP contribution is -2.41. The van der Waals surface area contributed by atoms with Crippen molar-refractivity contribution in [1.82, 2.24) is 9.71 Å². The number of thiazole rings is 1. The molecule has 0 spiro atoms. The summed E-state index contributed by atoms with van der Waals surface area (Å²) < 4.78 is 32.4. The fourth-order valence-electron chi connectivity index (χ4n) is 3.78. The van der Waals surface area contributed by atoms with Crippen molar-refractivity contribution in [2.24, 2.45) is 5.92 Å². The van der Waals surface area contributed by atoms with Crippen LogP contribution in [0.1, 0.15) is 54.8 Å². The van der Waals surface area contributed by atoms with Gasteiger partial charge in [0.25, 0.3) is 0 Å². The molecule has 0 atom stereocenters. The number of nitrogen functional groups attached to an aromatic ring is 1. The lowest BCUT2D eigenvalue weighted by atomic mass is 9.92. The first kappa shape index (κ1) is 23.5. The van der Waals surface area contributed by atoms with Gasteiger partial charge < -0.3 is 15.8 Å². The van der Waals surface area contributed by atoms with Crippen LogP contribution < -0.4 is 20.5 Å². The molecule has 0 amide bonds. The van der Waals surface area contributed by atoms with Gasteiger partial charge >= 0.3 is 0 Å². The van der Waals surface area contributed by atoms with E-state index in [1.165, 1.54) is 18.4 Å². The van der Waals surface area contributed by atoms with Gasteiger partial charge in [-0.25, -0.2) is 18.1 Å². The van der Waals surface area contributed by atoms with Crippen LogP contribution in [0.15, 0.2) is 24.3 Å². The molecule has 10 heteroatoms. The Morgan fingerprint density at radius 3 is 2.52 bits per heavy atom. The van der Waals surface area contributed by atoms with Gasteiger partial charge in [0.05, 0.1) is 18.4 Å². The second-order valence-electron chi connectivity index (χ2n) is 8.25. The number of anilines is 2. The Morgan fingerprint density at radius 2 is 1.87 bits per heavy atom. The van der Waals surface area contributed by atoms with E-state index in [1.54, 1.807) is 24.3 Å². The number of sulfonamides is 1. The molecule has 2 aromatic rings. The molecule has 1 saturated carbocycles. The van der Waals surface area contributed by atoms with Crippen molar-refractivity contribution in [3.63, 3.8) is 0 Å². The molecule has 0 radical (unpaired) electrons. The summed E-state index contributed by atoms with van der Waals surface area (Å²) in [4.78, 5) is 17.6. The first-order valence-corrected chi connectivity index (χ1v) is 12.9. The number of hydrogen-bond acceptors (Lipinski definition) is 8. The average Bonchev–Trinajstić information content (AvgIpc) is 3.07. The summed E-state index contributed by atoms with van der Waals surface area (Å²) >= 11 is 1.23. The zero-order valence-corrected chi connectivity index (χ0v) is 19.7. The number of rotatable bonds is 9. The maximum Gasteiger partial charge on any atom is 0.212 e. The summed E-state index contributed by atoms with van der Waals surface area (Å²) in [5, 5.41) is 3.96. The maximum atomic E-state index is 12.9. The summed E-state index contributed by atoms with van der Waals surface area (Å²) in [6.45, 7) is 3.79. The maximum absolute atomic E-state index is 12.9. The van der Waals surface area contributed by atoms with Gasteiger partial charge in [-0.2, -0.15) is 0 Å². The normalized spacial score (nSPS) is 19.4. The van der Waals surface area contributed by atoms with Gasteiger partial charge in [-0.3, -0.25) is 4.79 Å². The molecule has 170 valence electrons. The lowest BCUT2D eigenvalue weighted by molar-refractivity contribution is 0.104. The van der Waals surface area contributed by atoms with Gasteiger partial charge in [-0.15, -0.1) is 0 Å². The number of ketones is 1. The van der Waals surface area contributed by atoms with Crippen molar-refractivity contribution < 1.29 is 17.9 Å². The Bertz CT molecular complexity index is 1010. The van der Waals surface area contributed by atoms with E-state index >= 15 is 0 Å².